The number of nitrogens with zero attached hydrogens (tertiary/aromatic N) is 1. The summed E-state index contributed by atoms with van der Waals surface area (Å²) in [6.45, 7) is 5.94. The lowest BCUT2D eigenvalue weighted by Crippen LogP contribution is -2.51. The third-order valence-corrected chi connectivity index (χ3v) is 4.86. The lowest BCUT2D eigenvalue weighted by molar-refractivity contribution is 0.0874. The Labute approximate surface area is 93.4 Å². The van der Waals surface area contributed by atoms with Crippen LogP contribution in [-0.2, 0) is 0 Å². The van der Waals surface area contributed by atoms with Crippen LogP contribution in [0.5, 0.6) is 0 Å². The number of hydrogen-bond donors (Lipinski definition) is 1. The summed E-state index contributed by atoms with van der Waals surface area (Å²) in [6, 6.07) is 1.73. The standard InChI is InChI=1S/C13H24N2/c1-13(2)14-9-11-8-10-6-4-3-5-7-12(10)15(11)13/h10-12,14H,3-9H2,1-2H3/t10-,11?,12+/m0/s1. The van der Waals surface area contributed by atoms with E-state index in [2.05, 4.69) is 24.1 Å². The van der Waals surface area contributed by atoms with Crippen LogP contribution in [0.15, 0.2) is 0 Å². The molecule has 0 aromatic rings. The summed E-state index contributed by atoms with van der Waals surface area (Å²) < 4.78 is 0. The third kappa shape index (κ3) is 1.53. The largest absolute Gasteiger partial charge is 0.298 e. The minimum absolute atomic E-state index is 0.258. The second-order valence-corrected chi connectivity index (χ2v) is 6.20. The van der Waals surface area contributed by atoms with Gasteiger partial charge in [0.2, 0.25) is 0 Å². The molecule has 15 heavy (non-hydrogen) atoms. The summed E-state index contributed by atoms with van der Waals surface area (Å²) in [4.78, 5) is 2.81. The van der Waals surface area contributed by atoms with Gasteiger partial charge >= 0.3 is 0 Å². The molecule has 0 amide bonds. The number of fused-ring (bicyclic) bond motifs is 3. The second-order valence-electron chi connectivity index (χ2n) is 6.20. The van der Waals surface area contributed by atoms with Gasteiger partial charge in [0.1, 0.15) is 0 Å². The van der Waals surface area contributed by atoms with E-state index in [0.29, 0.717) is 0 Å². The Kier molecular flexibility index (Phi) is 2.33. The molecule has 0 spiro atoms. The van der Waals surface area contributed by atoms with Crippen molar-refractivity contribution in [3.63, 3.8) is 0 Å². The number of rotatable bonds is 0. The topological polar surface area (TPSA) is 15.3 Å². The maximum atomic E-state index is 3.68. The number of nitrogens with one attached hydrogen (secondary N) is 1. The molecular formula is C13H24N2. The molecule has 0 aromatic carbocycles. The predicted octanol–water partition coefficient (Wildman–Crippen LogP) is 2.35. The van der Waals surface area contributed by atoms with E-state index in [-0.39, 0.29) is 5.66 Å². The second kappa shape index (κ2) is 3.46. The van der Waals surface area contributed by atoms with Crippen molar-refractivity contribution in [1.29, 1.82) is 0 Å². The summed E-state index contributed by atoms with van der Waals surface area (Å²) in [5.74, 6) is 1.01. The van der Waals surface area contributed by atoms with Gasteiger partial charge in [-0.2, -0.15) is 0 Å². The molecule has 2 saturated heterocycles. The molecule has 3 fully saturated rings. The Morgan fingerprint density at radius 2 is 1.93 bits per heavy atom. The monoisotopic (exact) mass is 208 g/mol. The third-order valence-electron chi connectivity index (χ3n) is 4.86. The summed E-state index contributed by atoms with van der Waals surface area (Å²) in [6.07, 6.45) is 8.82. The summed E-state index contributed by atoms with van der Waals surface area (Å²) in [5, 5.41) is 3.68. The van der Waals surface area contributed by atoms with E-state index in [4.69, 9.17) is 0 Å². The molecule has 0 bridgehead atoms. The van der Waals surface area contributed by atoms with E-state index in [0.717, 1.165) is 18.0 Å². The van der Waals surface area contributed by atoms with Crippen molar-refractivity contribution < 1.29 is 0 Å². The lowest BCUT2D eigenvalue weighted by atomic mass is 9.93. The van der Waals surface area contributed by atoms with E-state index >= 15 is 0 Å². The fourth-order valence-corrected chi connectivity index (χ4v) is 4.25. The molecule has 86 valence electrons. The van der Waals surface area contributed by atoms with Crippen molar-refractivity contribution in [2.24, 2.45) is 5.92 Å². The molecule has 3 aliphatic rings. The maximum Gasteiger partial charge on any atom is 0.0660 e. The summed E-state index contributed by atoms with van der Waals surface area (Å²) >= 11 is 0. The average Bonchev–Trinajstić information content (AvgIpc) is 2.58. The van der Waals surface area contributed by atoms with E-state index in [1.165, 1.54) is 45.1 Å². The molecule has 0 aromatic heterocycles. The Balaban J connectivity index is 1.84. The molecule has 1 aliphatic carbocycles. The first kappa shape index (κ1) is 10.1. The molecule has 3 rings (SSSR count). The average molecular weight is 208 g/mol. The Hall–Kier alpha value is -0.0800. The van der Waals surface area contributed by atoms with Crippen LogP contribution in [-0.4, -0.2) is 29.2 Å². The van der Waals surface area contributed by atoms with Crippen LogP contribution in [0.25, 0.3) is 0 Å². The molecule has 3 atom stereocenters. The summed E-state index contributed by atoms with van der Waals surface area (Å²) in [7, 11) is 0. The molecule has 2 aliphatic heterocycles. The molecule has 2 heteroatoms. The fraction of sp³-hybridized carbons (Fsp3) is 1.00. The van der Waals surface area contributed by atoms with Crippen molar-refractivity contribution in [3.05, 3.63) is 0 Å². The molecular weight excluding hydrogens is 184 g/mol. The van der Waals surface area contributed by atoms with Gasteiger partial charge in [-0.05, 0) is 39.0 Å². The molecule has 2 nitrogen and oxygen atoms in total. The fourth-order valence-electron chi connectivity index (χ4n) is 4.25. The highest BCUT2D eigenvalue weighted by Gasteiger charge is 2.50. The van der Waals surface area contributed by atoms with E-state index in [1.54, 1.807) is 0 Å². The van der Waals surface area contributed by atoms with E-state index < -0.39 is 0 Å². The Bertz CT molecular complexity index is 249. The van der Waals surface area contributed by atoms with Crippen LogP contribution in [0.1, 0.15) is 52.4 Å². The van der Waals surface area contributed by atoms with Crippen molar-refractivity contribution >= 4 is 0 Å². The van der Waals surface area contributed by atoms with Crippen LogP contribution < -0.4 is 5.32 Å². The van der Waals surface area contributed by atoms with Crippen molar-refractivity contribution in [2.45, 2.75) is 70.1 Å². The summed E-state index contributed by atoms with van der Waals surface area (Å²) in [5.41, 5.74) is 0.258. The van der Waals surface area contributed by atoms with Crippen molar-refractivity contribution in [2.75, 3.05) is 6.54 Å². The van der Waals surface area contributed by atoms with Crippen LogP contribution in [0, 0.1) is 5.92 Å². The molecule has 1 saturated carbocycles. The maximum absolute atomic E-state index is 3.68. The van der Waals surface area contributed by atoms with Gasteiger partial charge in [-0.25, -0.2) is 0 Å². The highest BCUT2D eigenvalue weighted by Crippen LogP contribution is 2.43. The minimum Gasteiger partial charge on any atom is -0.298 e. The highest BCUT2D eigenvalue weighted by molar-refractivity contribution is 5.05. The van der Waals surface area contributed by atoms with Crippen molar-refractivity contribution in [3.8, 4) is 0 Å². The smallest absolute Gasteiger partial charge is 0.0660 e. The SMILES string of the molecule is CC1(C)NCC2C[C@@H]3CCCCC[C@H]3N21. The van der Waals surface area contributed by atoms with E-state index in [9.17, 15) is 0 Å². The van der Waals surface area contributed by atoms with Gasteiger partial charge in [0.25, 0.3) is 0 Å². The Morgan fingerprint density at radius 3 is 2.80 bits per heavy atom. The molecule has 2 heterocycles. The first-order chi connectivity index (χ1) is 7.18. The number of hydrogen-bond acceptors (Lipinski definition) is 2. The lowest BCUT2D eigenvalue weighted by Gasteiger charge is -2.37. The molecule has 1 N–H and O–H groups in total. The Morgan fingerprint density at radius 1 is 1.13 bits per heavy atom. The van der Waals surface area contributed by atoms with Gasteiger partial charge in [0.05, 0.1) is 5.66 Å². The predicted molar refractivity (Wildman–Crippen MR) is 62.7 cm³/mol. The van der Waals surface area contributed by atoms with Gasteiger partial charge in [-0.15, -0.1) is 0 Å². The normalized spacial score (nSPS) is 44.8. The first-order valence-corrected chi connectivity index (χ1v) is 6.72. The van der Waals surface area contributed by atoms with Gasteiger partial charge in [0.15, 0.2) is 0 Å². The van der Waals surface area contributed by atoms with Gasteiger partial charge in [-0.1, -0.05) is 19.3 Å². The van der Waals surface area contributed by atoms with Crippen LogP contribution in [0.2, 0.25) is 0 Å². The van der Waals surface area contributed by atoms with Gasteiger partial charge < -0.3 is 0 Å². The molecule has 0 radical (unpaired) electrons. The first-order valence-electron chi connectivity index (χ1n) is 6.72. The minimum atomic E-state index is 0.258. The van der Waals surface area contributed by atoms with Gasteiger partial charge in [0, 0.05) is 18.6 Å². The zero-order valence-electron chi connectivity index (χ0n) is 10.1. The van der Waals surface area contributed by atoms with E-state index in [1.807, 2.05) is 0 Å². The van der Waals surface area contributed by atoms with Crippen LogP contribution in [0.3, 0.4) is 0 Å². The van der Waals surface area contributed by atoms with Crippen molar-refractivity contribution in [1.82, 2.24) is 10.2 Å². The van der Waals surface area contributed by atoms with Crippen LogP contribution >= 0.6 is 0 Å². The highest BCUT2D eigenvalue weighted by atomic mass is 15.4. The van der Waals surface area contributed by atoms with Crippen LogP contribution in [0.4, 0.5) is 0 Å². The van der Waals surface area contributed by atoms with Gasteiger partial charge in [-0.3, -0.25) is 10.2 Å². The quantitative estimate of drug-likeness (QED) is 0.657. The zero-order valence-corrected chi connectivity index (χ0v) is 10.1. The zero-order chi connectivity index (χ0) is 10.5. The molecule has 1 unspecified atom stereocenters.